The van der Waals surface area contributed by atoms with Gasteiger partial charge in [-0.2, -0.15) is 4.98 Å². The van der Waals surface area contributed by atoms with E-state index in [4.69, 9.17) is 8.83 Å². The van der Waals surface area contributed by atoms with Crippen LogP contribution < -0.4 is 0 Å². The van der Waals surface area contributed by atoms with Crippen LogP contribution in [0, 0.1) is 0 Å². The standard InChI is InChI=1S/C27H13NO4S/c29-24-18-9-14-5-1-2-6-15(14)10-19(18)25(30)20(24)12-17-13-23-27(33-17)28-26(32-23)22-11-16-7-3-4-8-21(16)31-22/h1-13H. The van der Waals surface area contributed by atoms with Crippen LogP contribution in [0.5, 0.6) is 0 Å². The number of benzene rings is 3. The first-order valence-electron chi connectivity index (χ1n) is 10.4. The van der Waals surface area contributed by atoms with Gasteiger partial charge in [-0.25, -0.2) is 0 Å². The van der Waals surface area contributed by atoms with Gasteiger partial charge in [0.15, 0.2) is 27.7 Å². The number of carbonyl (C=O) groups is 2. The molecule has 6 heteroatoms. The number of fused-ring (bicyclic) bond motifs is 4. The van der Waals surface area contributed by atoms with Gasteiger partial charge in [-0.05, 0) is 41.1 Å². The number of oxazole rings is 1. The maximum Gasteiger partial charge on any atom is 0.264 e. The van der Waals surface area contributed by atoms with Crippen LogP contribution in [-0.4, -0.2) is 16.6 Å². The van der Waals surface area contributed by atoms with Gasteiger partial charge in [0.05, 0.1) is 5.57 Å². The van der Waals surface area contributed by atoms with E-state index in [1.807, 2.05) is 54.6 Å². The van der Waals surface area contributed by atoms with Gasteiger partial charge in [0.1, 0.15) is 5.58 Å². The number of aromatic nitrogens is 1. The Morgan fingerprint density at radius 3 is 2.06 bits per heavy atom. The Balaban J connectivity index is 1.26. The molecule has 0 amide bonds. The fraction of sp³-hybridized carbons (Fsp3) is 0. The van der Waals surface area contributed by atoms with Crippen molar-refractivity contribution in [3.8, 4) is 11.7 Å². The van der Waals surface area contributed by atoms with Crippen molar-refractivity contribution in [3.63, 3.8) is 0 Å². The number of ketones is 2. The predicted molar refractivity (Wildman–Crippen MR) is 128 cm³/mol. The van der Waals surface area contributed by atoms with E-state index in [2.05, 4.69) is 4.98 Å². The third-order valence-corrected chi connectivity index (χ3v) is 6.85. The number of furan rings is 1. The number of para-hydroxylation sites is 1. The van der Waals surface area contributed by atoms with Crippen LogP contribution in [-0.2, 0) is 0 Å². The summed E-state index contributed by atoms with van der Waals surface area (Å²) in [6.07, 6.45) is 1.64. The maximum atomic E-state index is 13.0. The highest BCUT2D eigenvalue weighted by molar-refractivity contribution is 7.19. The average Bonchev–Trinajstić information content (AvgIpc) is 3.57. The highest BCUT2D eigenvalue weighted by Gasteiger charge is 2.33. The van der Waals surface area contributed by atoms with Crippen molar-refractivity contribution in [2.75, 3.05) is 0 Å². The summed E-state index contributed by atoms with van der Waals surface area (Å²) in [5, 5.41) is 2.86. The minimum Gasteiger partial charge on any atom is -0.451 e. The third-order valence-electron chi connectivity index (χ3n) is 5.90. The largest absolute Gasteiger partial charge is 0.451 e. The first-order valence-corrected chi connectivity index (χ1v) is 11.2. The second kappa shape index (κ2) is 6.60. The molecule has 7 rings (SSSR count). The van der Waals surface area contributed by atoms with Gasteiger partial charge in [-0.1, -0.05) is 42.5 Å². The molecule has 6 aromatic rings. The lowest BCUT2D eigenvalue weighted by atomic mass is 10.0. The zero-order valence-electron chi connectivity index (χ0n) is 17.0. The zero-order valence-corrected chi connectivity index (χ0v) is 17.8. The second-order valence-corrected chi connectivity index (χ2v) is 9.01. The van der Waals surface area contributed by atoms with Crippen molar-refractivity contribution in [3.05, 3.63) is 94.4 Å². The molecule has 0 fully saturated rings. The third kappa shape index (κ3) is 2.74. The summed E-state index contributed by atoms with van der Waals surface area (Å²) < 4.78 is 11.7. The molecule has 0 aliphatic heterocycles. The molecule has 0 saturated carbocycles. The van der Waals surface area contributed by atoms with Crippen molar-refractivity contribution < 1.29 is 18.4 Å². The number of hydrogen-bond acceptors (Lipinski definition) is 6. The van der Waals surface area contributed by atoms with Gasteiger partial charge in [-0.15, -0.1) is 11.3 Å². The Hall–Kier alpha value is -4.29. The minimum atomic E-state index is -0.248. The van der Waals surface area contributed by atoms with E-state index in [1.54, 1.807) is 24.3 Å². The van der Waals surface area contributed by atoms with Gasteiger partial charge in [0.25, 0.3) is 5.89 Å². The molecule has 0 radical (unpaired) electrons. The molecule has 0 atom stereocenters. The van der Waals surface area contributed by atoms with E-state index in [0.717, 1.165) is 26.6 Å². The Kier molecular flexibility index (Phi) is 3.66. The smallest absolute Gasteiger partial charge is 0.264 e. The zero-order chi connectivity index (χ0) is 22.1. The van der Waals surface area contributed by atoms with Crippen molar-refractivity contribution >= 4 is 61.1 Å². The molecule has 5 nitrogen and oxygen atoms in total. The fourth-order valence-corrected chi connectivity index (χ4v) is 5.19. The maximum absolute atomic E-state index is 13.0. The van der Waals surface area contributed by atoms with Crippen molar-refractivity contribution in [1.82, 2.24) is 4.98 Å². The summed E-state index contributed by atoms with van der Waals surface area (Å²) in [6.45, 7) is 0. The number of nitrogens with zero attached hydrogens (tertiary/aromatic N) is 1. The van der Waals surface area contributed by atoms with Gasteiger partial charge in [0.2, 0.25) is 0 Å². The number of hydrogen-bond donors (Lipinski definition) is 0. The van der Waals surface area contributed by atoms with Crippen molar-refractivity contribution in [1.29, 1.82) is 0 Å². The molecule has 0 saturated heterocycles. The Bertz CT molecular complexity index is 1690. The number of allylic oxidation sites excluding steroid dienone is 1. The van der Waals surface area contributed by atoms with E-state index in [9.17, 15) is 9.59 Å². The molecule has 33 heavy (non-hydrogen) atoms. The van der Waals surface area contributed by atoms with E-state index in [1.165, 1.54) is 11.3 Å². The predicted octanol–water partition coefficient (Wildman–Crippen LogP) is 6.92. The first kappa shape index (κ1) is 18.3. The van der Waals surface area contributed by atoms with Crippen LogP contribution in [0.15, 0.2) is 87.2 Å². The highest BCUT2D eigenvalue weighted by atomic mass is 32.1. The van der Waals surface area contributed by atoms with Crippen LogP contribution in [0.4, 0.5) is 0 Å². The molecule has 156 valence electrons. The summed E-state index contributed by atoms with van der Waals surface area (Å²) in [4.78, 5) is 32.0. The highest BCUT2D eigenvalue weighted by Crippen LogP contribution is 2.36. The molecule has 3 aromatic carbocycles. The summed E-state index contributed by atoms with van der Waals surface area (Å²) in [5.41, 5.74) is 2.43. The van der Waals surface area contributed by atoms with Gasteiger partial charge in [-0.3, -0.25) is 9.59 Å². The quantitative estimate of drug-likeness (QED) is 0.213. The number of rotatable bonds is 2. The number of thiophene rings is 1. The second-order valence-electron chi connectivity index (χ2n) is 7.95. The lowest BCUT2D eigenvalue weighted by molar-refractivity contribution is 0.0990. The Labute approximate surface area is 190 Å². The monoisotopic (exact) mass is 447 g/mol. The topological polar surface area (TPSA) is 73.3 Å². The van der Waals surface area contributed by atoms with Gasteiger partial charge in [0, 0.05) is 27.5 Å². The molecule has 3 heterocycles. The summed E-state index contributed by atoms with van der Waals surface area (Å²) >= 11 is 1.36. The molecule has 1 aliphatic rings. The van der Waals surface area contributed by atoms with Crippen LogP contribution in [0.3, 0.4) is 0 Å². The lowest BCUT2D eigenvalue weighted by Crippen LogP contribution is -1.99. The molecule has 3 aromatic heterocycles. The minimum absolute atomic E-state index is 0.168. The SMILES string of the molecule is O=C1C(=Cc2cc3oc(-c4cc5ccccc5o4)nc3s2)C(=O)c2cc3ccccc3cc21. The summed E-state index contributed by atoms with van der Waals surface area (Å²) in [6, 6.07) is 22.7. The summed E-state index contributed by atoms with van der Waals surface area (Å²) in [7, 11) is 0. The lowest BCUT2D eigenvalue weighted by Gasteiger charge is -2.00. The van der Waals surface area contributed by atoms with E-state index in [-0.39, 0.29) is 17.1 Å². The summed E-state index contributed by atoms with van der Waals surface area (Å²) in [5.74, 6) is 0.463. The van der Waals surface area contributed by atoms with Crippen molar-refractivity contribution in [2.24, 2.45) is 0 Å². The van der Waals surface area contributed by atoms with E-state index < -0.39 is 0 Å². The molecule has 1 aliphatic carbocycles. The fourth-order valence-electron chi connectivity index (χ4n) is 4.30. The molecule has 0 bridgehead atoms. The first-order chi connectivity index (χ1) is 16.1. The van der Waals surface area contributed by atoms with E-state index in [0.29, 0.717) is 33.2 Å². The molecule has 0 spiro atoms. The molecule has 0 unspecified atom stereocenters. The normalized spacial score (nSPS) is 13.5. The molecule has 0 N–H and O–H groups in total. The molecular weight excluding hydrogens is 434 g/mol. The molecular formula is C27H13NO4S. The van der Waals surface area contributed by atoms with Crippen LogP contribution in [0.1, 0.15) is 25.6 Å². The van der Waals surface area contributed by atoms with E-state index >= 15 is 0 Å². The van der Waals surface area contributed by atoms with Crippen molar-refractivity contribution in [2.45, 2.75) is 0 Å². The number of Topliss-reactive ketones (excluding diaryl/α,β-unsaturated/α-hetero) is 2. The number of carbonyl (C=O) groups excluding carboxylic acids is 2. The van der Waals surface area contributed by atoms with Crippen LogP contribution >= 0.6 is 11.3 Å². The Morgan fingerprint density at radius 1 is 0.727 bits per heavy atom. The van der Waals surface area contributed by atoms with Gasteiger partial charge >= 0.3 is 0 Å². The average molecular weight is 447 g/mol. The Morgan fingerprint density at radius 2 is 1.39 bits per heavy atom. The van der Waals surface area contributed by atoms with Crippen LogP contribution in [0.25, 0.3) is 49.9 Å². The van der Waals surface area contributed by atoms with Crippen LogP contribution in [0.2, 0.25) is 0 Å². The van der Waals surface area contributed by atoms with Gasteiger partial charge < -0.3 is 8.83 Å².